The molecule has 1 aromatic carbocycles. The van der Waals surface area contributed by atoms with E-state index < -0.39 is 5.97 Å². The number of hydrogen-bond acceptors (Lipinski definition) is 7. The average molecular weight is 404 g/mol. The first-order valence-corrected chi connectivity index (χ1v) is 10.0. The van der Waals surface area contributed by atoms with Gasteiger partial charge in [-0.3, -0.25) is 4.79 Å². The van der Waals surface area contributed by atoms with Gasteiger partial charge in [0.1, 0.15) is 17.9 Å². The Balaban J connectivity index is 1.57. The fraction of sp³-hybridized carbons (Fsp3) is 0.450. The molecule has 2 atom stereocenters. The molecule has 8 heteroatoms. The minimum atomic E-state index is -0.590. The molecular weight excluding hydrogens is 380 g/mol. The molecule has 2 aromatic rings. The topological polar surface area (TPSA) is 78.0 Å². The fourth-order valence-corrected chi connectivity index (χ4v) is 3.66. The second-order valence-electron chi connectivity index (χ2n) is 6.77. The molecule has 0 radical (unpaired) electrons. The van der Waals surface area contributed by atoms with E-state index in [0.717, 1.165) is 10.7 Å². The normalized spacial score (nSPS) is 19.3. The van der Waals surface area contributed by atoms with E-state index in [1.165, 1.54) is 0 Å². The molecule has 28 heavy (non-hydrogen) atoms. The molecule has 0 aliphatic carbocycles. The van der Waals surface area contributed by atoms with Crippen molar-refractivity contribution in [2.45, 2.75) is 39.6 Å². The van der Waals surface area contributed by atoms with Crippen molar-refractivity contribution in [3.05, 3.63) is 45.9 Å². The van der Waals surface area contributed by atoms with Crippen LogP contribution >= 0.6 is 11.3 Å². The third kappa shape index (κ3) is 5.30. The standard InChI is InChI=1S/C20H24N2O5S/c1-13-8-22(9-14(2)27-13)19(23)11-26-20(24)17-6-4-5-7-18(17)25-10-16-12-28-15(3)21-16/h4-7,12-14H,8-11H2,1-3H3/t13-,14-/m0/s1. The first-order valence-electron chi connectivity index (χ1n) is 9.15. The molecule has 0 bridgehead atoms. The van der Waals surface area contributed by atoms with Gasteiger partial charge in [-0.1, -0.05) is 12.1 Å². The molecule has 1 aliphatic rings. The van der Waals surface area contributed by atoms with Gasteiger partial charge in [0.25, 0.3) is 5.91 Å². The molecule has 1 aliphatic heterocycles. The van der Waals surface area contributed by atoms with Crippen molar-refractivity contribution < 1.29 is 23.8 Å². The van der Waals surface area contributed by atoms with Gasteiger partial charge >= 0.3 is 5.97 Å². The van der Waals surface area contributed by atoms with Crippen molar-refractivity contribution >= 4 is 23.2 Å². The lowest BCUT2D eigenvalue weighted by Gasteiger charge is -2.35. The molecular formula is C20H24N2O5S. The van der Waals surface area contributed by atoms with Crippen LogP contribution in [-0.2, 0) is 20.9 Å². The highest BCUT2D eigenvalue weighted by atomic mass is 32.1. The molecule has 1 fully saturated rings. The summed E-state index contributed by atoms with van der Waals surface area (Å²) >= 11 is 1.54. The number of para-hydroxylation sites is 1. The molecule has 0 spiro atoms. The Hall–Kier alpha value is -2.45. The Morgan fingerprint density at radius 1 is 1.25 bits per heavy atom. The molecule has 150 valence electrons. The number of ether oxygens (including phenoxy) is 3. The molecule has 1 amide bonds. The minimum Gasteiger partial charge on any atom is -0.486 e. The van der Waals surface area contributed by atoms with Gasteiger partial charge in [0.2, 0.25) is 0 Å². The third-order valence-corrected chi connectivity index (χ3v) is 5.07. The number of hydrogen-bond donors (Lipinski definition) is 0. The number of aromatic nitrogens is 1. The maximum absolute atomic E-state index is 12.5. The van der Waals surface area contributed by atoms with Gasteiger partial charge in [-0.15, -0.1) is 11.3 Å². The van der Waals surface area contributed by atoms with Crippen LogP contribution < -0.4 is 4.74 Å². The first-order chi connectivity index (χ1) is 13.4. The van der Waals surface area contributed by atoms with E-state index in [1.807, 2.05) is 26.2 Å². The van der Waals surface area contributed by atoms with Crippen LogP contribution in [0.4, 0.5) is 0 Å². The Bertz CT molecular complexity index is 828. The molecule has 0 N–H and O–H groups in total. The number of carbonyl (C=O) groups excluding carboxylic acids is 2. The molecule has 0 unspecified atom stereocenters. The van der Waals surface area contributed by atoms with Gasteiger partial charge in [0.15, 0.2) is 6.61 Å². The lowest BCUT2D eigenvalue weighted by Crippen LogP contribution is -2.49. The van der Waals surface area contributed by atoms with Crippen molar-refractivity contribution in [3.8, 4) is 5.75 Å². The summed E-state index contributed by atoms with van der Waals surface area (Å²) in [5.41, 5.74) is 1.09. The van der Waals surface area contributed by atoms with E-state index in [1.54, 1.807) is 40.5 Å². The maximum atomic E-state index is 12.5. The van der Waals surface area contributed by atoms with Crippen LogP contribution in [-0.4, -0.2) is 53.7 Å². The highest BCUT2D eigenvalue weighted by Crippen LogP contribution is 2.21. The summed E-state index contributed by atoms with van der Waals surface area (Å²) in [6.07, 6.45) is -0.0706. The van der Waals surface area contributed by atoms with E-state index in [-0.39, 0.29) is 36.9 Å². The fourth-order valence-electron chi connectivity index (χ4n) is 3.07. The van der Waals surface area contributed by atoms with Gasteiger partial charge in [-0.25, -0.2) is 9.78 Å². The van der Waals surface area contributed by atoms with E-state index in [2.05, 4.69) is 4.98 Å². The average Bonchev–Trinajstić information content (AvgIpc) is 3.09. The summed E-state index contributed by atoms with van der Waals surface area (Å²) in [6, 6.07) is 6.82. The van der Waals surface area contributed by atoms with Crippen LogP contribution in [0.15, 0.2) is 29.6 Å². The smallest absolute Gasteiger partial charge is 0.342 e. The van der Waals surface area contributed by atoms with Crippen LogP contribution in [0, 0.1) is 6.92 Å². The Morgan fingerprint density at radius 3 is 2.64 bits per heavy atom. The minimum absolute atomic E-state index is 0.0353. The number of esters is 1. The van der Waals surface area contributed by atoms with Crippen molar-refractivity contribution in [2.75, 3.05) is 19.7 Å². The SMILES string of the molecule is Cc1nc(COc2ccccc2C(=O)OCC(=O)N2C[C@H](C)O[C@@H](C)C2)cs1. The highest BCUT2D eigenvalue weighted by Gasteiger charge is 2.26. The summed E-state index contributed by atoms with van der Waals surface area (Å²) in [5, 5.41) is 2.87. The van der Waals surface area contributed by atoms with Gasteiger partial charge in [-0.2, -0.15) is 0 Å². The summed E-state index contributed by atoms with van der Waals surface area (Å²) < 4.78 is 16.6. The van der Waals surface area contributed by atoms with Crippen LogP contribution in [0.1, 0.15) is 34.9 Å². The summed E-state index contributed by atoms with van der Waals surface area (Å²) in [7, 11) is 0. The number of amides is 1. The number of benzene rings is 1. The molecule has 7 nitrogen and oxygen atoms in total. The van der Waals surface area contributed by atoms with Crippen LogP contribution in [0.5, 0.6) is 5.75 Å². The summed E-state index contributed by atoms with van der Waals surface area (Å²) in [6.45, 7) is 6.70. The summed E-state index contributed by atoms with van der Waals surface area (Å²) in [4.78, 5) is 30.9. The van der Waals surface area contributed by atoms with Gasteiger partial charge < -0.3 is 19.1 Å². The number of carbonyl (C=O) groups is 2. The Labute approximate surface area is 168 Å². The van der Waals surface area contributed by atoms with Gasteiger partial charge in [-0.05, 0) is 32.9 Å². The highest BCUT2D eigenvalue weighted by molar-refractivity contribution is 7.09. The Kier molecular flexibility index (Phi) is 6.64. The molecule has 1 saturated heterocycles. The van der Waals surface area contributed by atoms with E-state index in [0.29, 0.717) is 18.8 Å². The zero-order valence-electron chi connectivity index (χ0n) is 16.2. The molecule has 0 saturated carbocycles. The lowest BCUT2D eigenvalue weighted by atomic mass is 10.2. The monoisotopic (exact) mass is 404 g/mol. The second-order valence-corrected chi connectivity index (χ2v) is 7.84. The van der Waals surface area contributed by atoms with Crippen LogP contribution in [0.25, 0.3) is 0 Å². The number of thiazole rings is 1. The predicted octanol–water partition coefficient (Wildman–Crippen LogP) is 2.82. The molecule has 1 aromatic heterocycles. The second kappa shape index (κ2) is 9.16. The predicted molar refractivity (Wildman–Crippen MR) is 104 cm³/mol. The summed E-state index contributed by atoms with van der Waals surface area (Å²) in [5.74, 6) is -0.418. The quantitative estimate of drug-likeness (QED) is 0.689. The van der Waals surface area contributed by atoms with E-state index in [4.69, 9.17) is 14.2 Å². The van der Waals surface area contributed by atoms with E-state index >= 15 is 0 Å². The molecule has 2 heterocycles. The maximum Gasteiger partial charge on any atom is 0.342 e. The number of morpholine rings is 1. The first kappa shape index (κ1) is 20.3. The van der Waals surface area contributed by atoms with E-state index in [9.17, 15) is 9.59 Å². The molecule has 3 rings (SSSR count). The Morgan fingerprint density at radius 2 is 1.96 bits per heavy atom. The van der Waals surface area contributed by atoms with Crippen molar-refractivity contribution in [1.29, 1.82) is 0 Å². The number of rotatable bonds is 6. The van der Waals surface area contributed by atoms with Crippen molar-refractivity contribution in [3.63, 3.8) is 0 Å². The largest absolute Gasteiger partial charge is 0.486 e. The van der Waals surface area contributed by atoms with Crippen molar-refractivity contribution in [1.82, 2.24) is 9.88 Å². The van der Waals surface area contributed by atoms with Crippen LogP contribution in [0.2, 0.25) is 0 Å². The third-order valence-electron chi connectivity index (χ3n) is 4.25. The van der Waals surface area contributed by atoms with Gasteiger partial charge in [0, 0.05) is 18.5 Å². The van der Waals surface area contributed by atoms with Crippen molar-refractivity contribution in [2.24, 2.45) is 0 Å². The zero-order valence-corrected chi connectivity index (χ0v) is 17.0. The number of nitrogens with zero attached hydrogens (tertiary/aromatic N) is 2. The zero-order chi connectivity index (χ0) is 20.1. The van der Waals surface area contributed by atoms with Gasteiger partial charge in [0.05, 0.1) is 22.9 Å². The number of aryl methyl sites for hydroxylation is 1. The lowest BCUT2D eigenvalue weighted by molar-refractivity contribution is -0.146. The van der Waals surface area contributed by atoms with Crippen LogP contribution in [0.3, 0.4) is 0 Å².